The van der Waals surface area contributed by atoms with Gasteiger partial charge < -0.3 is 18.9 Å². The van der Waals surface area contributed by atoms with Crippen molar-refractivity contribution in [2.45, 2.75) is 26.4 Å². The molecule has 0 aliphatic heterocycles. The van der Waals surface area contributed by atoms with Crippen molar-refractivity contribution in [2.75, 3.05) is 27.9 Å². The number of rotatable bonds is 9. The number of methoxy groups -OCH3 is 3. The lowest BCUT2D eigenvalue weighted by Crippen LogP contribution is -2.03. The number of aromatic nitrogens is 1. The third-order valence-corrected chi connectivity index (χ3v) is 5.04. The Morgan fingerprint density at radius 2 is 1.73 bits per heavy atom. The molecule has 1 aromatic heterocycles. The molecule has 3 aromatic rings. The Kier molecular flexibility index (Phi) is 7.25. The van der Waals surface area contributed by atoms with Crippen LogP contribution in [-0.2, 0) is 27.3 Å². The van der Waals surface area contributed by atoms with Crippen molar-refractivity contribution >= 4 is 16.7 Å². The van der Waals surface area contributed by atoms with Crippen molar-refractivity contribution in [3.63, 3.8) is 0 Å². The Hall–Kier alpha value is -3.12. The van der Waals surface area contributed by atoms with E-state index in [4.69, 9.17) is 18.9 Å². The van der Waals surface area contributed by atoms with Gasteiger partial charge in [-0.2, -0.15) is 0 Å². The molecule has 30 heavy (non-hydrogen) atoms. The molecule has 0 amide bonds. The molecular weight excluding hydrogens is 382 g/mol. The normalized spacial score (nSPS) is 10.8. The van der Waals surface area contributed by atoms with Gasteiger partial charge >= 0.3 is 5.97 Å². The average molecular weight is 409 g/mol. The molecule has 0 fully saturated rings. The van der Waals surface area contributed by atoms with Crippen molar-refractivity contribution in [1.29, 1.82) is 0 Å². The first-order chi connectivity index (χ1) is 14.6. The van der Waals surface area contributed by atoms with Gasteiger partial charge in [0, 0.05) is 30.8 Å². The number of aryl methyl sites for hydroxylation is 1. The van der Waals surface area contributed by atoms with E-state index >= 15 is 0 Å². The zero-order valence-electron chi connectivity index (χ0n) is 17.9. The third-order valence-electron chi connectivity index (χ3n) is 5.04. The molecule has 2 aromatic carbocycles. The van der Waals surface area contributed by atoms with E-state index in [1.165, 1.54) is 7.11 Å². The topological polar surface area (TPSA) is 66.9 Å². The van der Waals surface area contributed by atoms with E-state index in [1.54, 1.807) is 20.4 Å². The summed E-state index contributed by atoms with van der Waals surface area (Å²) in [5, 5.41) is 2.00. The second kappa shape index (κ2) is 10.1. The first-order valence-corrected chi connectivity index (χ1v) is 9.88. The Morgan fingerprint density at radius 1 is 1.00 bits per heavy atom. The summed E-state index contributed by atoms with van der Waals surface area (Å²) < 4.78 is 21.8. The summed E-state index contributed by atoms with van der Waals surface area (Å²) in [6.07, 6.45) is 4.51. The molecule has 6 heteroatoms. The van der Waals surface area contributed by atoms with Gasteiger partial charge in [-0.15, -0.1) is 0 Å². The molecular formula is C24H27NO5. The monoisotopic (exact) mass is 409 g/mol. The zero-order valence-corrected chi connectivity index (χ0v) is 17.9. The van der Waals surface area contributed by atoms with Gasteiger partial charge in [0.2, 0.25) is 0 Å². The number of fused-ring (bicyclic) bond motifs is 1. The van der Waals surface area contributed by atoms with Gasteiger partial charge in [-0.1, -0.05) is 12.1 Å². The van der Waals surface area contributed by atoms with E-state index < -0.39 is 0 Å². The number of hydrogen-bond donors (Lipinski definition) is 0. The highest BCUT2D eigenvalue weighted by Crippen LogP contribution is 2.43. The van der Waals surface area contributed by atoms with Crippen molar-refractivity contribution in [3.05, 3.63) is 53.9 Å². The Bertz CT molecular complexity index is 1010. The van der Waals surface area contributed by atoms with E-state index in [1.807, 2.05) is 43.5 Å². The summed E-state index contributed by atoms with van der Waals surface area (Å²) in [5.74, 6) is 1.18. The predicted octanol–water partition coefficient (Wildman–Crippen LogP) is 4.56. The van der Waals surface area contributed by atoms with Crippen LogP contribution in [0.2, 0.25) is 0 Å². The highest BCUT2D eigenvalue weighted by atomic mass is 16.5. The van der Waals surface area contributed by atoms with E-state index in [0.29, 0.717) is 37.6 Å². The fourth-order valence-electron chi connectivity index (χ4n) is 3.56. The highest BCUT2D eigenvalue weighted by Gasteiger charge is 2.18. The highest BCUT2D eigenvalue weighted by molar-refractivity contribution is 6.00. The van der Waals surface area contributed by atoms with Crippen LogP contribution in [0.4, 0.5) is 0 Å². The van der Waals surface area contributed by atoms with E-state index in [9.17, 15) is 4.79 Å². The molecule has 0 aliphatic rings. The summed E-state index contributed by atoms with van der Waals surface area (Å²) in [6, 6.07) is 9.97. The summed E-state index contributed by atoms with van der Waals surface area (Å²) in [5.41, 5.74) is 3.85. The average Bonchev–Trinajstić information content (AvgIpc) is 2.80. The lowest BCUT2D eigenvalue weighted by Gasteiger charge is -2.18. The van der Waals surface area contributed by atoms with Crippen LogP contribution >= 0.6 is 0 Å². The number of hydrogen-bond acceptors (Lipinski definition) is 6. The predicted molar refractivity (Wildman–Crippen MR) is 116 cm³/mol. The standard InChI is InChI=1S/C24H27NO5/c1-5-30-15-16-12-21(27-2)24(22(13-16)28-3)19-8-6-17(7-9-23(26)29-4)18-10-11-25-14-20(18)19/h6,8,10-14H,5,7,9,15H2,1-4H3. The van der Waals surface area contributed by atoms with Gasteiger partial charge in [0.25, 0.3) is 0 Å². The molecule has 6 nitrogen and oxygen atoms in total. The minimum Gasteiger partial charge on any atom is -0.496 e. The van der Waals surface area contributed by atoms with Gasteiger partial charge in [-0.25, -0.2) is 0 Å². The molecule has 0 spiro atoms. The Balaban J connectivity index is 2.14. The summed E-state index contributed by atoms with van der Waals surface area (Å²) in [6.45, 7) is 3.08. The van der Waals surface area contributed by atoms with Crippen LogP contribution in [0.3, 0.4) is 0 Å². The van der Waals surface area contributed by atoms with Gasteiger partial charge in [-0.3, -0.25) is 9.78 Å². The van der Waals surface area contributed by atoms with Crippen LogP contribution < -0.4 is 9.47 Å². The molecule has 0 unspecified atom stereocenters. The summed E-state index contributed by atoms with van der Waals surface area (Å²) >= 11 is 0. The smallest absolute Gasteiger partial charge is 0.305 e. The van der Waals surface area contributed by atoms with E-state index in [-0.39, 0.29) is 5.97 Å². The first kappa shape index (κ1) is 21.6. The number of nitrogens with zero attached hydrogens (tertiary/aromatic N) is 1. The molecule has 0 atom stereocenters. The van der Waals surface area contributed by atoms with Crippen LogP contribution in [0, 0.1) is 0 Å². The second-order valence-corrected chi connectivity index (χ2v) is 6.78. The number of carbonyl (C=O) groups is 1. The molecule has 0 radical (unpaired) electrons. The Labute approximate surface area is 176 Å². The number of esters is 1. The molecule has 0 saturated heterocycles. The van der Waals surface area contributed by atoms with E-state index in [2.05, 4.69) is 4.98 Å². The number of pyridine rings is 1. The second-order valence-electron chi connectivity index (χ2n) is 6.78. The van der Waals surface area contributed by atoms with Crippen LogP contribution in [0.1, 0.15) is 24.5 Å². The fourth-order valence-corrected chi connectivity index (χ4v) is 3.56. The molecule has 0 bridgehead atoms. The van der Waals surface area contributed by atoms with Crippen molar-refractivity contribution in [3.8, 4) is 22.6 Å². The van der Waals surface area contributed by atoms with Crippen LogP contribution in [0.25, 0.3) is 21.9 Å². The minimum atomic E-state index is -0.227. The number of benzene rings is 2. The van der Waals surface area contributed by atoms with Crippen LogP contribution in [0.5, 0.6) is 11.5 Å². The zero-order chi connectivity index (χ0) is 21.5. The van der Waals surface area contributed by atoms with Crippen LogP contribution in [0.15, 0.2) is 42.7 Å². The van der Waals surface area contributed by atoms with Gasteiger partial charge in [-0.05, 0) is 53.6 Å². The maximum Gasteiger partial charge on any atom is 0.305 e. The number of carbonyl (C=O) groups excluding carboxylic acids is 1. The maximum absolute atomic E-state index is 11.6. The largest absolute Gasteiger partial charge is 0.496 e. The van der Waals surface area contributed by atoms with Crippen LogP contribution in [-0.4, -0.2) is 38.9 Å². The SMILES string of the molecule is CCOCc1cc(OC)c(-c2ccc(CCC(=O)OC)c3ccncc23)c(OC)c1. The van der Waals surface area contributed by atoms with Gasteiger partial charge in [0.15, 0.2) is 0 Å². The van der Waals surface area contributed by atoms with Gasteiger partial charge in [0.05, 0.1) is 33.5 Å². The summed E-state index contributed by atoms with van der Waals surface area (Å²) in [4.78, 5) is 15.9. The quantitative estimate of drug-likeness (QED) is 0.483. The minimum absolute atomic E-state index is 0.227. The first-order valence-electron chi connectivity index (χ1n) is 9.88. The molecule has 0 saturated carbocycles. The Morgan fingerprint density at radius 3 is 2.37 bits per heavy atom. The number of ether oxygens (including phenoxy) is 4. The summed E-state index contributed by atoms with van der Waals surface area (Å²) in [7, 11) is 4.70. The van der Waals surface area contributed by atoms with Crippen molar-refractivity contribution < 1.29 is 23.7 Å². The fraction of sp³-hybridized carbons (Fsp3) is 0.333. The van der Waals surface area contributed by atoms with Crippen molar-refractivity contribution in [1.82, 2.24) is 4.98 Å². The lowest BCUT2D eigenvalue weighted by atomic mass is 9.93. The van der Waals surface area contributed by atoms with E-state index in [0.717, 1.165) is 33.0 Å². The molecule has 3 rings (SSSR count). The lowest BCUT2D eigenvalue weighted by molar-refractivity contribution is -0.140. The third kappa shape index (κ3) is 4.54. The molecule has 1 heterocycles. The molecule has 0 N–H and O–H groups in total. The molecule has 0 aliphatic carbocycles. The maximum atomic E-state index is 11.6. The molecule has 158 valence electrons. The van der Waals surface area contributed by atoms with Gasteiger partial charge in [0.1, 0.15) is 11.5 Å². The van der Waals surface area contributed by atoms with Crippen molar-refractivity contribution in [2.24, 2.45) is 0 Å².